The zero-order chi connectivity index (χ0) is 21.2. The minimum atomic E-state index is -0.0811. The van der Waals surface area contributed by atoms with Crippen LogP contribution in [0.1, 0.15) is 27.2 Å². The van der Waals surface area contributed by atoms with Gasteiger partial charge in [-0.3, -0.25) is 4.79 Å². The molecule has 1 aliphatic rings. The maximum absolute atomic E-state index is 13.2. The molecule has 1 aliphatic heterocycles. The number of carbonyl (C=O) groups is 1. The number of ether oxygens (including phenoxy) is 1. The predicted octanol–water partition coefficient (Wildman–Crippen LogP) is 5.88. The molecule has 5 rings (SSSR count). The highest BCUT2D eigenvalue weighted by Gasteiger charge is 2.22. The molecule has 0 spiro atoms. The molecule has 31 heavy (non-hydrogen) atoms. The first-order valence-corrected chi connectivity index (χ1v) is 11.3. The maximum atomic E-state index is 13.2. The number of thiophene rings is 1. The molecular weight excluding hydrogens is 406 g/mol. The zero-order valence-corrected chi connectivity index (χ0v) is 17.9. The number of phenols is 1. The first-order valence-electron chi connectivity index (χ1n) is 10.5. The molecule has 4 nitrogen and oxygen atoms in total. The normalized spacial score (nSPS) is 13.8. The SMILES string of the molecule is O=C(c1ccccc1)c1sc2cc(O)ccc2c1Oc1ccc(CCN2CCC2)cc1. The van der Waals surface area contributed by atoms with Gasteiger partial charge >= 0.3 is 0 Å². The number of likely N-dealkylation sites (tertiary alicyclic amines) is 1. The third kappa shape index (κ3) is 4.20. The largest absolute Gasteiger partial charge is 0.508 e. The molecule has 0 unspecified atom stereocenters. The molecule has 5 heteroatoms. The topological polar surface area (TPSA) is 49.8 Å². The molecule has 1 N–H and O–H groups in total. The lowest BCUT2D eigenvalue weighted by atomic mass is 10.1. The van der Waals surface area contributed by atoms with E-state index in [1.54, 1.807) is 30.3 Å². The first-order chi connectivity index (χ1) is 15.2. The Morgan fingerprint density at radius 3 is 2.48 bits per heavy atom. The number of hydrogen-bond donors (Lipinski definition) is 1. The summed E-state index contributed by atoms with van der Waals surface area (Å²) < 4.78 is 7.08. The van der Waals surface area contributed by atoms with Crippen molar-refractivity contribution in [2.75, 3.05) is 19.6 Å². The molecular formula is C26H23NO3S. The fraction of sp³-hybridized carbons (Fsp3) is 0.192. The molecule has 1 fully saturated rings. The van der Waals surface area contributed by atoms with Crippen LogP contribution in [0.4, 0.5) is 0 Å². The van der Waals surface area contributed by atoms with E-state index in [0.29, 0.717) is 21.9 Å². The van der Waals surface area contributed by atoms with Gasteiger partial charge in [-0.25, -0.2) is 0 Å². The van der Waals surface area contributed by atoms with Gasteiger partial charge in [0.25, 0.3) is 0 Å². The third-order valence-corrected chi connectivity index (χ3v) is 6.81. The van der Waals surface area contributed by atoms with Gasteiger partial charge in [-0.2, -0.15) is 0 Å². The number of carbonyl (C=O) groups excluding carboxylic acids is 1. The lowest BCUT2D eigenvalue weighted by Crippen LogP contribution is -2.38. The molecule has 4 aromatic rings. The van der Waals surface area contributed by atoms with E-state index >= 15 is 0 Å². The van der Waals surface area contributed by atoms with Crippen molar-refractivity contribution in [2.24, 2.45) is 0 Å². The summed E-state index contributed by atoms with van der Waals surface area (Å²) in [5.74, 6) is 1.33. The second kappa shape index (κ2) is 8.53. The number of phenolic OH excluding ortho intramolecular Hbond substituents is 1. The minimum Gasteiger partial charge on any atom is -0.508 e. The maximum Gasteiger partial charge on any atom is 0.206 e. The Hall–Kier alpha value is -3.15. The van der Waals surface area contributed by atoms with Crippen molar-refractivity contribution in [3.63, 3.8) is 0 Å². The van der Waals surface area contributed by atoms with E-state index in [1.807, 2.05) is 30.3 Å². The Balaban J connectivity index is 1.44. The second-order valence-corrected chi connectivity index (χ2v) is 8.88. The van der Waals surface area contributed by atoms with Gasteiger partial charge in [0, 0.05) is 22.2 Å². The smallest absolute Gasteiger partial charge is 0.206 e. The number of benzene rings is 3. The second-order valence-electron chi connectivity index (χ2n) is 7.83. The van der Waals surface area contributed by atoms with Crippen LogP contribution in [0, 0.1) is 0 Å². The van der Waals surface area contributed by atoms with E-state index < -0.39 is 0 Å². The molecule has 0 amide bonds. The summed E-state index contributed by atoms with van der Waals surface area (Å²) in [6, 6.07) is 22.4. The van der Waals surface area contributed by atoms with Gasteiger partial charge in [-0.1, -0.05) is 42.5 Å². The number of hydrogen-bond acceptors (Lipinski definition) is 5. The van der Waals surface area contributed by atoms with Crippen molar-refractivity contribution in [3.05, 3.63) is 88.8 Å². The highest BCUT2D eigenvalue weighted by molar-refractivity contribution is 7.21. The van der Waals surface area contributed by atoms with Crippen LogP contribution in [-0.4, -0.2) is 35.4 Å². The van der Waals surface area contributed by atoms with Crippen LogP contribution in [0.5, 0.6) is 17.2 Å². The standard InChI is InChI=1S/C26H23NO3S/c28-20-9-12-22-23(17-20)31-26(24(29)19-5-2-1-3-6-19)25(22)30-21-10-7-18(8-11-21)13-16-27-14-4-15-27/h1-3,5-12,17,28H,4,13-16H2. The van der Waals surface area contributed by atoms with Crippen LogP contribution in [-0.2, 0) is 6.42 Å². The van der Waals surface area contributed by atoms with E-state index in [-0.39, 0.29) is 11.5 Å². The fourth-order valence-electron chi connectivity index (χ4n) is 3.77. The summed E-state index contributed by atoms with van der Waals surface area (Å²) in [4.78, 5) is 16.2. The van der Waals surface area contributed by atoms with Crippen molar-refractivity contribution < 1.29 is 14.6 Å². The quantitative estimate of drug-likeness (QED) is 0.373. The highest BCUT2D eigenvalue weighted by atomic mass is 32.1. The average molecular weight is 430 g/mol. The number of nitrogens with zero attached hydrogens (tertiary/aromatic N) is 1. The number of rotatable bonds is 7. The van der Waals surface area contributed by atoms with Gasteiger partial charge < -0.3 is 14.7 Å². The Kier molecular flexibility index (Phi) is 5.45. The van der Waals surface area contributed by atoms with Crippen molar-refractivity contribution in [2.45, 2.75) is 12.8 Å². The summed E-state index contributed by atoms with van der Waals surface area (Å²) >= 11 is 1.34. The van der Waals surface area contributed by atoms with E-state index in [0.717, 1.165) is 23.1 Å². The number of ketones is 1. The molecule has 0 saturated carbocycles. The molecule has 0 atom stereocenters. The van der Waals surface area contributed by atoms with Gasteiger partial charge in [0.2, 0.25) is 5.78 Å². The van der Waals surface area contributed by atoms with Gasteiger partial charge in [-0.05, 0) is 61.8 Å². The fourth-order valence-corrected chi connectivity index (χ4v) is 4.89. The van der Waals surface area contributed by atoms with Gasteiger partial charge in [0.15, 0.2) is 5.75 Å². The molecule has 0 aliphatic carbocycles. The number of fused-ring (bicyclic) bond motifs is 1. The van der Waals surface area contributed by atoms with Crippen LogP contribution in [0.2, 0.25) is 0 Å². The van der Waals surface area contributed by atoms with Crippen molar-refractivity contribution >= 4 is 27.2 Å². The van der Waals surface area contributed by atoms with Crippen molar-refractivity contribution in [3.8, 4) is 17.2 Å². The van der Waals surface area contributed by atoms with Crippen LogP contribution >= 0.6 is 11.3 Å². The lowest BCUT2D eigenvalue weighted by molar-refractivity contribution is 0.104. The van der Waals surface area contributed by atoms with E-state index in [1.165, 1.54) is 36.4 Å². The van der Waals surface area contributed by atoms with Gasteiger partial charge in [0.1, 0.15) is 16.4 Å². The van der Waals surface area contributed by atoms with E-state index in [4.69, 9.17) is 4.74 Å². The summed E-state index contributed by atoms with van der Waals surface area (Å²) in [6.45, 7) is 3.51. The average Bonchev–Trinajstić information content (AvgIpc) is 3.11. The molecule has 2 heterocycles. The van der Waals surface area contributed by atoms with Gasteiger partial charge in [0.05, 0.1) is 0 Å². The van der Waals surface area contributed by atoms with Crippen molar-refractivity contribution in [1.82, 2.24) is 4.90 Å². The van der Waals surface area contributed by atoms with Crippen LogP contribution in [0.25, 0.3) is 10.1 Å². The third-order valence-electron chi connectivity index (χ3n) is 5.68. The summed E-state index contributed by atoms with van der Waals surface area (Å²) in [5.41, 5.74) is 1.89. The molecule has 156 valence electrons. The van der Waals surface area contributed by atoms with Crippen LogP contribution in [0.15, 0.2) is 72.8 Å². The van der Waals surface area contributed by atoms with E-state index in [9.17, 15) is 9.90 Å². The van der Waals surface area contributed by atoms with Crippen LogP contribution in [0.3, 0.4) is 0 Å². The Morgan fingerprint density at radius 2 is 1.77 bits per heavy atom. The molecule has 0 bridgehead atoms. The predicted molar refractivity (Wildman–Crippen MR) is 125 cm³/mol. The van der Waals surface area contributed by atoms with Crippen molar-refractivity contribution in [1.29, 1.82) is 0 Å². The Labute approximate surface area is 185 Å². The van der Waals surface area contributed by atoms with E-state index in [2.05, 4.69) is 17.0 Å². The summed E-state index contributed by atoms with van der Waals surface area (Å²) in [5, 5.41) is 10.7. The molecule has 3 aromatic carbocycles. The van der Waals surface area contributed by atoms with Crippen LogP contribution < -0.4 is 4.74 Å². The Morgan fingerprint density at radius 1 is 1.00 bits per heavy atom. The minimum absolute atomic E-state index is 0.0811. The summed E-state index contributed by atoms with van der Waals surface area (Å²) in [7, 11) is 0. The molecule has 1 saturated heterocycles. The first kappa shape index (κ1) is 19.8. The summed E-state index contributed by atoms with van der Waals surface area (Å²) in [6.07, 6.45) is 2.34. The number of aromatic hydroxyl groups is 1. The monoisotopic (exact) mass is 429 g/mol. The zero-order valence-electron chi connectivity index (χ0n) is 17.1. The Bertz CT molecular complexity index is 1210. The van der Waals surface area contributed by atoms with Gasteiger partial charge in [-0.15, -0.1) is 11.3 Å². The molecule has 1 aromatic heterocycles. The highest BCUT2D eigenvalue weighted by Crippen LogP contribution is 2.42. The lowest BCUT2D eigenvalue weighted by Gasteiger charge is -2.30. The molecule has 0 radical (unpaired) electrons.